The van der Waals surface area contributed by atoms with Crippen molar-refractivity contribution in [1.82, 2.24) is 24.0 Å². The van der Waals surface area contributed by atoms with E-state index in [4.69, 9.17) is 0 Å². The van der Waals surface area contributed by atoms with Gasteiger partial charge in [-0.15, -0.1) is 11.8 Å². The first-order valence-corrected chi connectivity index (χ1v) is 8.55. The molecule has 26 heavy (non-hydrogen) atoms. The van der Waals surface area contributed by atoms with Crippen molar-refractivity contribution < 1.29 is 0 Å². The fraction of sp³-hybridized carbons (Fsp3) is 0.500. The van der Waals surface area contributed by atoms with Gasteiger partial charge in [0.25, 0.3) is 5.56 Å². The fourth-order valence-electron chi connectivity index (χ4n) is 3.06. The van der Waals surface area contributed by atoms with Crippen LogP contribution >= 0.6 is 0 Å². The van der Waals surface area contributed by atoms with Crippen LogP contribution in [0.25, 0.3) is 11.2 Å². The molecule has 0 atom stereocenters. The van der Waals surface area contributed by atoms with Gasteiger partial charge in [-0.25, -0.2) is 4.79 Å². The molecule has 1 aliphatic rings. The summed E-state index contributed by atoms with van der Waals surface area (Å²) in [5.41, 5.74) is -0.0191. The largest absolute Gasteiger partial charge is 0.340 e. The number of imidazole rings is 1. The highest BCUT2D eigenvalue weighted by atomic mass is 16.2. The molecule has 2 aromatic rings. The maximum atomic E-state index is 12.8. The zero-order valence-electron chi connectivity index (χ0n) is 15.3. The first kappa shape index (κ1) is 17.8. The Labute approximate surface area is 151 Å². The number of fused-ring (bicyclic) bond motifs is 1. The Kier molecular flexibility index (Phi) is 5.15. The lowest BCUT2D eigenvalue weighted by atomic mass is 10.4. The van der Waals surface area contributed by atoms with Crippen LogP contribution in [0.15, 0.2) is 9.59 Å². The molecule has 0 aromatic carbocycles. The van der Waals surface area contributed by atoms with Crippen molar-refractivity contribution in [3.05, 3.63) is 20.8 Å². The highest BCUT2D eigenvalue weighted by Crippen LogP contribution is 2.20. The third-order valence-corrected chi connectivity index (χ3v) is 4.44. The minimum atomic E-state index is -0.414. The van der Waals surface area contributed by atoms with Crippen LogP contribution in [-0.2, 0) is 20.1 Å². The molecule has 3 heterocycles. The molecule has 0 radical (unpaired) electrons. The fourth-order valence-corrected chi connectivity index (χ4v) is 3.06. The SMILES string of the molecule is CC#CCn1c(N2CCNCC2)nc2c1c(=O)n(C)c(=O)n2CC#CC. The van der Waals surface area contributed by atoms with Crippen molar-refractivity contribution in [2.24, 2.45) is 7.05 Å². The first-order chi connectivity index (χ1) is 12.6. The van der Waals surface area contributed by atoms with Gasteiger partial charge in [-0.1, -0.05) is 11.8 Å². The zero-order valence-corrected chi connectivity index (χ0v) is 15.3. The van der Waals surface area contributed by atoms with E-state index in [0.29, 0.717) is 23.7 Å². The second-order valence-corrected chi connectivity index (χ2v) is 5.99. The number of piperazine rings is 1. The van der Waals surface area contributed by atoms with E-state index in [1.165, 1.54) is 11.6 Å². The van der Waals surface area contributed by atoms with Gasteiger partial charge in [0, 0.05) is 33.2 Å². The van der Waals surface area contributed by atoms with E-state index in [0.717, 1.165) is 30.7 Å². The Bertz CT molecular complexity index is 1060. The van der Waals surface area contributed by atoms with E-state index in [1.54, 1.807) is 13.8 Å². The molecule has 1 saturated heterocycles. The van der Waals surface area contributed by atoms with Crippen LogP contribution in [0.5, 0.6) is 0 Å². The summed E-state index contributed by atoms with van der Waals surface area (Å²) in [4.78, 5) is 32.2. The molecule has 8 nitrogen and oxygen atoms in total. The number of hydrogen-bond acceptors (Lipinski definition) is 5. The topological polar surface area (TPSA) is 77.1 Å². The summed E-state index contributed by atoms with van der Waals surface area (Å²) in [6.45, 7) is 7.25. The summed E-state index contributed by atoms with van der Waals surface area (Å²) in [6, 6.07) is 0. The molecule has 0 spiro atoms. The van der Waals surface area contributed by atoms with Gasteiger partial charge in [-0.3, -0.25) is 18.5 Å². The summed E-state index contributed by atoms with van der Waals surface area (Å²) in [6.07, 6.45) is 0. The predicted octanol–water partition coefficient (Wildman–Crippen LogP) is -0.647. The maximum Gasteiger partial charge on any atom is 0.333 e. The highest BCUT2D eigenvalue weighted by Gasteiger charge is 2.23. The summed E-state index contributed by atoms with van der Waals surface area (Å²) in [5.74, 6) is 12.2. The zero-order chi connectivity index (χ0) is 18.7. The van der Waals surface area contributed by atoms with Crippen LogP contribution in [0.2, 0.25) is 0 Å². The molecule has 0 amide bonds. The van der Waals surface area contributed by atoms with Crippen molar-refractivity contribution >= 4 is 17.1 Å². The van der Waals surface area contributed by atoms with Crippen LogP contribution in [0, 0.1) is 23.7 Å². The van der Waals surface area contributed by atoms with Gasteiger partial charge in [0.15, 0.2) is 11.2 Å². The molecule has 0 aliphatic carbocycles. The summed E-state index contributed by atoms with van der Waals surface area (Å²) < 4.78 is 4.38. The number of aromatic nitrogens is 4. The number of nitrogens with one attached hydrogen (secondary N) is 1. The lowest BCUT2D eigenvalue weighted by Gasteiger charge is -2.28. The molecule has 1 aliphatic heterocycles. The Morgan fingerprint density at radius 3 is 2.27 bits per heavy atom. The van der Waals surface area contributed by atoms with Crippen LogP contribution in [0.1, 0.15) is 13.8 Å². The third-order valence-electron chi connectivity index (χ3n) is 4.44. The van der Waals surface area contributed by atoms with Crippen molar-refractivity contribution in [3.63, 3.8) is 0 Å². The third kappa shape index (κ3) is 3.00. The van der Waals surface area contributed by atoms with E-state index in [9.17, 15) is 9.59 Å². The maximum absolute atomic E-state index is 12.8. The Balaban J connectivity index is 2.34. The number of nitrogens with zero attached hydrogens (tertiary/aromatic N) is 5. The van der Waals surface area contributed by atoms with Crippen molar-refractivity contribution in [1.29, 1.82) is 0 Å². The highest BCUT2D eigenvalue weighted by molar-refractivity contribution is 5.75. The summed E-state index contributed by atoms with van der Waals surface area (Å²) >= 11 is 0. The quantitative estimate of drug-likeness (QED) is 0.742. The first-order valence-electron chi connectivity index (χ1n) is 8.55. The monoisotopic (exact) mass is 354 g/mol. The van der Waals surface area contributed by atoms with Gasteiger partial charge in [-0.2, -0.15) is 4.98 Å². The molecular weight excluding hydrogens is 332 g/mol. The molecule has 2 aromatic heterocycles. The van der Waals surface area contributed by atoms with E-state index in [1.807, 2.05) is 4.57 Å². The number of hydrogen-bond donors (Lipinski definition) is 1. The van der Waals surface area contributed by atoms with Gasteiger partial charge in [0.2, 0.25) is 5.95 Å². The molecule has 136 valence electrons. The van der Waals surface area contributed by atoms with Crippen molar-refractivity contribution in [3.8, 4) is 23.7 Å². The van der Waals surface area contributed by atoms with Gasteiger partial charge < -0.3 is 10.2 Å². The minimum Gasteiger partial charge on any atom is -0.340 e. The molecule has 8 heteroatoms. The molecule has 1 N–H and O–H groups in total. The minimum absolute atomic E-state index is 0.192. The summed E-state index contributed by atoms with van der Waals surface area (Å²) in [5, 5.41) is 3.30. The average Bonchev–Trinajstić information content (AvgIpc) is 3.04. The van der Waals surface area contributed by atoms with Gasteiger partial charge in [0.05, 0.1) is 13.1 Å². The average molecular weight is 354 g/mol. The molecule has 0 unspecified atom stereocenters. The second-order valence-electron chi connectivity index (χ2n) is 5.99. The molecule has 3 rings (SSSR count). The Hall–Kier alpha value is -2.97. The molecular formula is C18H22N6O2. The molecule has 1 fully saturated rings. The number of rotatable bonds is 3. The van der Waals surface area contributed by atoms with Crippen LogP contribution < -0.4 is 21.5 Å². The Morgan fingerprint density at radius 1 is 1.04 bits per heavy atom. The van der Waals surface area contributed by atoms with E-state index in [-0.39, 0.29) is 12.1 Å². The lowest BCUT2D eigenvalue weighted by Crippen LogP contribution is -2.44. The van der Waals surface area contributed by atoms with Crippen LogP contribution in [0.4, 0.5) is 5.95 Å². The van der Waals surface area contributed by atoms with Crippen LogP contribution in [0.3, 0.4) is 0 Å². The van der Waals surface area contributed by atoms with Gasteiger partial charge >= 0.3 is 5.69 Å². The number of anilines is 1. The van der Waals surface area contributed by atoms with Crippen molar-refractivity contribution in [2.45, 2.75) is 26.9 Å². The standard InChI is InChI=1S/C18H22N6O2/c1-4-6-10-23-14-15(20-17(23)22-12-8-19-9-13-22)24(11-7-5-2)18(26)21(3)16(14)25/h19H,8-13H2,1-3H3. The normalized spacial score (nSPS) is 13.9. The second kappa shape index (κ2) is 7.51. The summed E-state index contributed by atoms with van der Waals surface area (Å²) in [7, 11) is 1.48. The smallest absolute Gasteiger partial charge is 0.333 e. The Morgan fingerprint density at radius 2 is 1.65 bits per heavy atom. The van der Waals surface area contributed by atoms with Crippen LogP contribution in [-0.4, -0.2) is 44.9 Å². The van der Waals surface area contributed by atoms with Crippen molar-refractivity contribution in [2.75, 3.05) is 31.1 Å². The van der Waals surface area contributed by atoms with Gasteiger partial charge in [-0.05, 0) is 13.8 Å². The van der Waals surface area contributed by atoms with Gasteiger partial charge in [0.1, 0.15) is 0 Å². The van der Waals surface area contributed by atoms with E-state index in [2.05, 4.69) is 38.9 Å². The van der Waals surface area contributed by atoms with E-state index >= 15 is 0 Å². The van der Waals surface area contributed by atoms with E-state index < -0.39 is 5.69 Å². The predicted molar refractivity (Wildman–Crippen MR) is 101 cm³/mol. The molecule has 0 bridgehead atoms. The molecule has 0 saturated carbocycles. The lowest BCUT2D eigenvalue weighted by molar-refractivity contribution is 0.573.